The maximum Gasteiger partial charge on any atom is 0.325 e. The number of hydrogen-bond acceptors (Lipinski definition) is 9. The topological polar surface area (TPSA) is 307 Å². The zero-order chi connectivity index (χ0) is 31.9. The van der Waals surface area contributed by atoms with E-state index in [1.165, 1.54) is 13.8 Å². The van der Waals surface area contributed by atoms with Crippen LogP contribution in [-0.4, -0.2) is 94.5 Å². The van der Waals surface area contributed by atoms with E-state index in [4.69, 9.17) is 28.0 Å². The number of aliphatic carboxylic acids is 1. The first kappa shape index (κ1) is 37.0. The number of aliphatic hydroxyl groups is 1. The molecule has 0 aromatic carbocycles. The number of hydrogen-bond donors (Lipinski definition) is 10. The highest BCUT2D eigenvalue weighted by molar-refractivity contribution is 5.95. The molecule has 0 heterocycles. The van der Waals surface area contributed by atoms with Crippen molar-refractivity contribution in [3.8, 4) is 0 Å². The van der Waals surface area contributed by atoms with Crippen LogP contribution in [0.1, 0.15) is 59.8 Å². The van der Waals surface area contributed by atoms with Gasteiger partial charge in [-0.25, -0.2) is 0 Å². The number of rotatable bonds is 19. The van der Waals surface area contributed by atoms with Gasteiger partial charge < -0.3 is 54.4 Å². The van der Waals surface area contributed by atoms with Crippen molar-refractivity contribution in [1.82, 2.24) is 21.3 Å². The summed E-state index contributed by atoms with van der Waals surface area (Å²) >= 11 is 0. The van der Waals surface area contributed by atoms with Crippen molar-refractivity contribution in [2.24, 2.45) is 33.8 Å². The maximum absolute atomic E-state index is 13.1. The summed E-state index contributed by atoms with van der Waals surface area (Å²) < 4.78 is 0. The molecule has 234 valence electrons. The van der Waals surface area contributed by atoms with Crippen molar-refractivity contribution in [2.45, 2.75) is 96.1 Å². The van der Waals surface area contributed by atoms with Gasteiger partial charge >= 0.3 is 5.97 Å². The molecule has 5 amide bonds. The largest absolute Gasteiger partial charge is 0.480 e. The van der Waals surface area contributed by atoms with E-state index in [0.29, 0.717) is 6.42 Å². The second-order valence-corrected chi connectivity index (χ2v) is 10.1. The van der Waals surface area contributed by atoms with Crippen molar-refractivity contribution in [2.75, 3.05) is 6.54 Å². The van der Waals surface area contributed by atoms with Crippen LogP contribution in [0.3, 0.4) is 0 Å². The molecule has 0 aliphatic heterocycles. The molecule has 17 heteroatoms. The number of guanidine groups is 1. The Kier molecular flexibility index (Phi) is 16.6. The van der Waals surface area contributed by atoms with E-state index >= 15 is 0 Å². The molecular formula is C24H45N9O8. The van der Waals surface area contributed by atoms with Crippen LogP contribution < -0.4 is 44.2 Å². The number of aliphatic imine (C=N–C) groups is 1. The van der Waals surface area contributed by atoms with Gasteiger partial charge in [0.2, 0.25) is 29.5 Å². The van der Waals surface area contributed by atoms with Gasteiger partial charge in [-0.3, -0.25) is 33.8 Å². The first-order valence-corrected chi connectivity index (χ1v) is 13.2. The highest BCUT2D eigenvalue weighted by Crippen LogP contribution is 2.08. The Bertz CT molecular complexity index is 953. The molecule has 0 radical (unpaired) electrons. The van der Waals surface area contributed by atoms with Gasteiger partial charge in [-0.1, -0.05) is 13.8 Å². The van der Waals surface area contributed by atoms with Crippen molar-refractivity contribution < 1.29 is 39.0 Å². The van der Waals surface area contributed by atoms with Gasteiger partial charge in [0, 0.05) is 13.0 Å². The fourth-order valence-corrected chi connectivity index (χ4v) is 3.48. The fraction of sp³-hybridized carbons (Fsp3) is 0.708. The minimum atomic E-state index is -1.58. The summed E-state index contributed by atoms with van der Waals surface area (Å²) in [6, 6.07) is -6.38. The summed E-state index contributed by atoms with van der Waals surface area (Å²) in [6.45, 7) is 6.25. The third kappa shape index (κ3) is 15.4. The Morgan fingerprint density at radius 3 is 1.83 bits per heavy atom. The minimum Gasteiger partial charge on any atom is -0.480 e. The maximum atomic E-state index is 13.1. The molecule has 0 aromatic rings. The lowest BCUT2D eigenvalue weighted by molar-refractivity contribution is -0.142. The number of amides is 5. The van der Waals surface area contributed by atoms with Crippen LogP contribution >= 0.6 is 0 Å². The van der Waals surface area contributed by atoms with Gasteiger partial charge in [0.05, 0.1) is 12.1 Å². The van der Waals surface area contributed by atoms with Crippen LogP contribution in [0.4, 0.5) is 0 Å². The van der Waals surface area contributed by atoms with Crippen molar-refractivity contribution in [3.63, 3.8) is 0 Å². The molecule has 0 saturated heterocycles. The van der Waals surface area contributed by atoms with E-state index in [1.807, 2.05) is 0 Å². The number of carboxylic acid groups (broad SMARTS) is 1. The lowest BCUT2D eigenvalue weighted by Gasteiger charge is -2.28. The van der Waals surface area contributed by atoms with Crippen LogP contribution in [0.2, 0.25) is 0 Å². The predicted molar refractivity (Wildman–Crippen MR) is 148 cm³/mol. The van der Waals surface area contributed by atoms with Gasteiger partial charge in [0.15, 0.2) is 5.96 Å². The van der Waals surface area contributed by atoms with Crippen LogP contribution in [0.15, 0.2) is 4.99 Å². The average Bonchev–Trinajstić information content (AvgIpc) is 2.85. The first-order valence-electron chi connectivity index (χ1n) is 13.2. The predicted octanol–water partition coefficient (Wildman–Crippen LogP) is -3.90. The molecule has 0 aromatic heterocycles. The molecule has 14 N–H and O–H groups in total. The molecule has 0 saturated carbocycles. The Labute approximate surface area is 238 Å². The zero-order valence-electron chi connectivity index (χ0n) is 23.9. The monoisotopic (exact) mass is 587 g/mol. The molecule has 6 atom stereocenters. The molecular weight excluding hydrogens is 542 g/mol. The van der Waals surface area contributed by atoms with E-state index in [0.717, 1.165) is 0 Å². The third-order valence-electron chi connectivity index (χ3n) is 5.75. The Morgan fingerprint density at radius 1 is 0.780 bits per heavy atom. The van der Waals surface area contributed by atoms with E-state index in [2.05, 4.69) is 26.3 Å². The Hall–Kier alpha value is -3.99. The lowest BCUT2D eigenvalue weighted by atomic mass is 10.0. The summed E-state index contributed by atoms with van der Waals surface area (Å²) in [5, 5.41) is 28.8. The Morgan fingerprint density at radius 2 is 1.34 bits per heavy atom. The number of nitrogens with zero attached hydrogens (tertiary/aromatic N) is 1. The number of carboxylic acids is 1. The molecule has 41 heavy (non-hydrogen) atoms. The summed E-state index contributed by atoms with van der Waals surface area (Å²) in [5.74, 6) is -5.58. The van der Waals surface area contributed by atoms with Crippen molar-refractivity contribution >= 4 is 41.5 Å². The number of nitrogens with one attached hydrogen (secondary N) is 4. The summed E-state index contributed by atoms with van der Waals surface area (Å²) in [5.41, 5.74) is 21.6. The minimum absolute atomic E-state index is 0.0946. The van der Waals surface area contributed by atoms with Gasteiger partial charge in [-0.05, 0) is 45.4 Å². The normalized spacial score (nSPS) is 15.3. The summed E-state index contributed by atoms with van der Waals surface area (Å²) in [4.78, 5) is 77.7. The van der Waals surface area contributed by atoms with Gasteiger partial charge in [-0.2, -0.15) is 0 Å². The number of carbonyl (C=O) groups is 6. The second-order valence-electron chi connectivity index (χ2n) is 10.1. The number of primary amides is 1. The summed E-state index contributed by atoms with van der Waals surface area (Å²) in [7, 11) is 0. The van der Waals surface area contributed by atoms with E-state index in [-0.39, 0.29) is 44.1 Å². The standard InChI is InChI=1S/C24H45N9O8/c1-11(2)10-16(21(38)30-12(3)23(40)41)32-22(39)18(13(4)34)33-20(37)15(7-8-17(26)35)31-19(36)14(25)6-5-9-29-24(27)28/h11-16,18,34H,5-10,25H2,1-4H3,(H2,26,35)(H,30,38)(H,31,36)(H,32,39)(H,33,37)(H,40,41)(H4,27,28,29)/t12-,13+,14-,15-,16-,18-/m0/s1. The SMILES string of the molecule is CC(C)C[C@H](NC(=O)[C@@H](NC(=O)[C@H](CCC(N)=O)NC(=O)[C@@H](N)CCCN=C(N)N)[C@@H](C)O)C(=O)N[C@@H](C)C(=O)O. The molecule has 0 spiro atoms. The van der Waals surface area contributed by atoms with Crippen LogP contribution in [0.5, 0.6) is 0 Å². The van der Waals surface area contributed by atoms with Crippen molar-refractivity contribution in [1.29, 1.82) is 0 Å². The van der Waals surface area contributed by atoms with Crippen LogP contribution in [0.25, 0.3) is 0 Å². The molecule has 17 nitrogen and oxygen atoms in total. The molecule has 0 unspecified atom stereocenters. The van der Waals surface area contributed by atoms with Gasteiger partial charge in [0.1, 0.15) is 24.2 Å². The third-order valence-corrected chi connectivity index (χ3v) is 5.75. The van der Waals surface area contributed by atoms with Crippen molar-refractivity contribution in [3.05, 3.63) is 0 Å². The quantitative estimate of drug-likeness (QED) is 0.0395. The fourth-order valence-electron chi connectivity index (χ4n) is 3.48. The summed E-state index contributed by atoms with van der Waals surface area (Å²) in [6.07, 6.45) is -1.31. The highest BCUT2D eigenvalue weighted by Gasteiger charge is 2.33. The number of carbonyl (C=O) groups excluding carboxylic acids is 5. The zero-order valence-corrected chi connectivity index (χ0v) is 23.9. The van der Waals surface area contributed by atoms with Gasteiger partial charge in [-0.15, -0.1) is 0 Å². The second kappa shape index (κ2) is 18.4. The average molecular weight is 588 g/mol. The van der Waals surface area contributed by atoms with E-state index in [1.54, 1.807) is 13.8 Å². The van der Waals surface area contributed by atoms with E-state index in [9.17, 15) is 33.9 Å². The molecule has 0 rings (SSSR count). The Balaban J connectivity index is 5.64. The van der Waals surface area contributed by atoms with E-state index < -0.39 is 71.8 Å². The van der Waals surface area contributed by atoms with Crippen LogP contribution in [-0.2, 0) is 28.8 Å². The molecule has 0 aliphatic rings. The lowest BCUT2D eigenvalue weighted by Crippen LogP contribution is -2.61. The van der Waals surface area contributed by atoms with Gasteiger partial charge in [0.25, 0.3) is 0 Å². The highest BCUT2D eigenvalue weighted by atomic mass is 16.4. The first-order chi connectivity index (χ1) is 19.0. The molecule has 0 fully saturated rings. The number of aliphatic hydroxyl groups excluding tert-OH is 1. The molecule has 0 aliphatic carbocycles. The number of nitrogens with two attached hydrogens (primary N) is 4. The smallest absolute Gasteiger partial charge is 0.325 e. The molecule has 0 bridgehead atoms. The van der Waals surface area contributed by atoms with Crippen LogP contribution in [0, 0.1) is 5.92 Å².